The molecule has 21 heavy (non-hydrogen) atoms. The van der Waals surface area contributed by atoms with Crippen molar-refractivity contribution in [3.8, 4) is 17.6 Å². The summed E-state index contributed by atoms with van der Waals surface area (Å²) in [5, 5.41) is 11.6. The highest BCUT2D eigenvalue weighted by atomic mass is 16.5. The van der Waals surface area contributed by atoms with Gasteiger partial charge in [0, 0.05) is 30.8 Å². The maximum absolute atomic E-state index is 11.6. The van der Waals surface area contributed by atoms with Gasteiger partial charge >= 0.3 is 0 Å². The molecule has 0 unspecified atom stereocenters. The number of benzene rings is 1. The fourth-order valence-corrected chi connectivity index (χ4v) is 2.37. The van der Waals surface area contributed by atoms with Crippen LogP contribution < -0.4 is 10.1 Å². The molecule has 1 amide bonds. The third kappa shape index (κ3) is 4.48. The lowest BCUT2D eigenvalue weighted by Crippen LogP contribution is -2.32. The molecule has 1 aliphatic rings. The van der Waals surface area contributed by atoms with Crippen LogP contribution in [0.4, 0.5) is 0 Å². The van der Waals surface area contributed by atoms with Gasteiger partial charge < -0.3 is 15.2 Å². The summed E-state index contributed by atoms with van der Waals surface area (Å²) in [6.07, 6.45) is 0.943. The molecule has 1 aliphatic heterocycles. The number of amides is 1. The van der Waals surface area contributed by atoms with Crippen LogP contribution in [0.3, 0.4) is 0 Å². The number of aliphatic hydroxyl groups is 1. The van der Waals surface area contributed by atoms with E-state index < -0.39 is 0 Å². The Hall–Kier alpha value is -2.03. The minimum absolute atomic E-state index is 0.0580. The molecule has 5 nitrogen and oxygen atoms in total. The zero-order chi connectivity index (χ0) is 15.1. The van der Waals surface area contributed by atoms with Gasteiger partial charge in [0.25, 0.3) is 0 Å². The van der Waals surface area contributed by atoms with Crippen LogP contribution in [0.5, 0.6) is 5.75 Å². The topological polar surface area (TPSA) is 61.8 Å². The number of nitrogens with one attached hydrogen (secondary N) is 1. The monoisotopic (exact) mass is 288 g/mol. The molecule has 0 saturated carbocycles. The standard InChI is InChI=1S/C16H20N2O3/c1-21-15-6-5-13(4-2-9-19)10-14(15)11-18-8-3-7-17-16(20)12-18/h5-6,10,19H,3,7-9,11-12H2,1H3,(H,17,20). The van der Waals surface area contributed by atoms with Gasteiger partial charge in [0.2, 0.25) is 5.91 Å². The van der Waals surface area contributed by atoms with Crippen molar-refractivity contribution in [3.05, 3.63) is 29.3 Å². The average Bonchev–Trinajstić information content (AvgIpc) is 2.69. The fraction of sp³-hybridized carbons (Fsp3) is 0.438. The minimum Gasteiger partial charge on any atom is -0.496 e. The summed E-state index contributed by atoms with van der Waals surface area (Å²) in [5.74, 6) is 6.37. The van der Waals surface area contributed by atoms with Crippen LogP contribution in [0.15, 0.2) is 18.2 Å². The molecule has 1 aromatic carbocycles. The first-order valence-corrected chi connectivity index (χ1v) is 6.98. The second-order valence-corrected chi connectivity index (χ2v) is 4.90. The van der Waals surface area contributed by atoms with Crippen molar-refractivity contribution in [2.75, 3.05) is 33.4 Å². The Labute approximate surface area is 124 Å². The van der Waals surface area contributed by atoms with Crippen molar-refractivity contribution in [2.24, 2.45) is 0 Å². The second kappa shape index (κ2) is 7.67. The van der Waals surface area contributed by atoms with E-state index in [0.29, 0.717) is 13.1 Å². The number of rotatable bonds is 3. The van der Waals surface area contributed by atoms with Gasteiger partial charge in [-0.05, 0) is 24.6 Å². The first-order chi connectivity index (χ1) is 10.2. The quantitative estimate of drug-likeness (QED) is 0.789. The summed E-state index contributed by atoms with van der Waals surface area (Å²) in [6, 6.07) is 5.68. The summed E-state index contributed by atoms with van der Waals surface area (Å²) >= 11 is 0. The Morgan fingerprint density at radius 2 is 2.33 bits per heavy atom. The summed E-state index contributed by atoms with van der Waals surface area (Å²) in [6.45, 7) is 2.48. The molecule has 1 aromatic rings. The first kappa shape index (κ1) is 15.4. The van der Waals surface area contributed by atoms with E-state index in [1.165, 1.54) is 0 Å². The number of ether oxygens (including phenoxy) is 1. The lowest BCUT2D eigenvalue weighted by molar-refractivity contribution is -0.121. The number of methoxy groups -OCH3 is 1. The van der Waals surface area contributed by atoms with E-state index in [1.807, 2.05) is 18.2 Å². The molecule has 0 spiro atoms. The van der Waals surface area contributed by atoms with E-state index in [-0.39, 0.29) is 12.5 Å². The number of carbonyl (C=O) groups excluding carboxylic acids is 1. The van der Waals surface area contributed by atoms with E-state index in [1.54, 1.807) is 7.11 Å². The predicted octanol–water partition coefficient (Wildman–Crippen LogP) is 0.361. The zero-order valence-corrected chi connectivity index (χ0v) is 12.2. The highest BCUT2D eigenvalue weighted by Crippen LogP contribution is 2.21. The lowest BCUT2D eigenvalue weighted by atomic mass is 10.1. The largest absolute Gasteiger partial charge is 0.496 e. The van der Waals surface area contributed by atoms with E-state index in [4.69, 9.17) is 9.84 Å². The van der Waals surface area contributed by atoms with Gasteiger partial charge in [0.1, 0.15) is 12.4 Å². The molecule has 0 atom stereocenters. The lowest BCUT2D eigenvalue weighted by Gasteiger charge is -2.20. The van der Waals surface area contributed by atoms with E-state index in [2.05, 4.69) is 22.1 Å². The van der Waals surface area contributed by atoms with Crippen LogP contribution in [0.1, 0.15) is 17.5 Å². The zero-order valence-electron chi connectivity index (χ0n) is 12.2. The van der Waals surface area contributed by atoms with E-state index in [9.17, 15) is 4.79 Å². The maximum Gasteiger partial charge on any atom is 0.234 e. The summed E-state index contributed by atoms with van der Waals surface area (Å²) in [4.78, 5) is 13.7. The van der Waals surface area contributed by atoms with Crippen LogP contribution in [0.25, 0.3) is 0 Å². The van der Waals surface area contributed by atoms with Crippen LogP contribution in [0, 0.1) is 11.8 Å². The van der Waals surface area contributed by atoms with Gasteiger partial charge in [-0.2, -0.15) is 0 Å². The summed E-state index contributed by atoms with van der Waals surface area (Å²) in [7, 11) is 1.63. The molecule has 0 bridgehead atoms. The van der Waals surface area contributed by atoms with Crippen molar-refractivity contribution >= 4 is 5.91 Å². The molecule has 0 aromatic heterocycles. The molecule has 1 saturated heterocycles. The van der Waals surface area contributed by atoms with Gasteiger partial charge in [-0.15, -0.1) is 0 Å². The number of hydrogen-bond donors (Lipinski definition) is 2. The Morgan fingerprint density at radius 3 is 3.10 bits per heavy atom. The molecule has 0 radical (unpaired) electrons. The number of nitrogens with zero attached hydrogens (tertiary/aromatic N) is 1. The molecule has 112 valence electrons. The Balaban J connectivity index is 2.17. The Bertz CT molecular complexity index is 560. The Kier molecular flexibility index (Phi) is 5.61. The summed E-state index contributed by atoms with van der Waals surface area (Å²) in [5.41, 5.74) is 1.83. The molecule has 1 heterocycles. The number of carbonyl (C=O) groups is 1. The molecule has 1 fully saturated rings. The smallest absolute Gasteiger partial charge is 0.234 e. The van der Waals surface area contributed by atoms with Crippen LogP contribution >= 0.6 is 0 Å². The van der Waals surface area contributed by atoms with Crippen molar-refractivity contribution in [2.45, 2.75) is 13.0 Å². The van der Waals surface area contributed by atoms with Crippen molar-refractivity contribution in [3.63, 3.8) is 0 Å². The van der Waals surface area contributed by atoms with Gasteiger partial charge in [-0.25, -0.2) is 0 Å². The molecule has 5 heteroatoms. The van der Waals surface area contributed by atoms with Crippen LogP contribution in [-0.2, 0) is 11.3 Å². The van der Waals surface area contributed by atoms with Gasteiger partial charge in [-0.3, -0.25) is 9.69 Å². The maximum atomic E-state index is 11.6. The van der Waals surface area contributed by atoms with Crippen LogP contribution in [0.2, 0.25) is 0 Å². The summed E-state index contributed by atoms with van der Waals surface area (Å²) < 4.78 is 5.38. The highest BCUT2D eigenvalue weighted by molar-refractivity contribution is 5.78. The molecule has 2 rings (SSSR count). The SMILES string of the molecule is COc1ccc(C#CCO)cc1CN1CCCNC(=O)C1. The Morgan fingerprint density at radius 1 is 1.48 bits per heavy atom. The van der Waals surface area contributed by atoms with E-state index in [0.717, 1.165) is 36.4 Å². The highest BCUT2D eigenvalue weighted by Gasteiger charge is 2.16. The molecule has 2 N–H and O–H groups in total. The normalized spacial score (nSPS) is 15.6. The van der Waals surface area contributed by atoms with Crippen LogP contribution in [-0.4, -0.2) is 49.3 Å². The first-order valence-electron chi connectivity index (χ1n) is 6.98. The number of aliphatic hydroxyl groups excluding tert-OH is 1. The predicted molar refractivity (Wildman–Crippen MR) is 79.9 cm³/mol. The third-order valence-corrected chi connectivity index (χ3v) is 3.33. The van der Waals surface area contributed by atoms with Gasteiger partial charge in [0.05, 0.1) is 13.7 Å². The third-order valence-electron chi connectivity index (χ3n) is 3.33. The van der Waals surface area contributed by atoms with E-state index >= 15 is 0 Å². The van der Waals surface area contributed by atoms with Gasteiger partial charge in [0.15, 0.2) is 0 Å². The van der Waals surface area contributed by atoms with Crippen molar-refractivity contribution in [1.82, 2.24) is 10.2 Å². The average molecular weight is 288 g/mol. The van der Waals surface area contributed by atoms with Crippen molar-refractivity contribution in [1.29, 1.82) is 0 Å². The minimum atomic E-state index is -0.159. The fourth-order valence-electron chi connectivity index (χ4n) is 2.37. The van der Waals surface area contributed by atoms with Crippen molar-refractivity contribution < 1.29 is 14.6 Å². The molecular formula is C16H20N2O3. The molecule has 0 aliphatic carbocycles. The second-order valence-electron chi connectivity index (χ2n) is 4.90. The number of hydrogen-bond acceptors (Lipinski definition) is 4. The van der Waals surface area contributed by atoms with Gasteiger partial charge in [-0.1, -0.05) is 11.8 Å². The molecular weight excluding hydrogens is 268 g/mol.